The van der Waals surface area contributed by atoms with Crippen LogP contribution in [0.5, 0.6) is 0 Å². The second-order valence-electron chi connectivity index (χ2n) is 4.43. The fraction of sp³-hybridized carbons (Fsp3) is 0.286. The number of rotatable bonds is 5. The highest BCUT2D eigenvalue weighted by molar-refractivity contribution is 5.85. The molecule has 4 nitrogen and oxygen atoms in total. The monoisotopic (exact) mass is 262 g/mol. The maximum absolute atomic E-state index is 13.0. The molecule has 0 bridgehead atoms. The standard InChI is InChI=1S/C14H15FN2O2/c1-10-8-13(14(18)19)16-17(10)7-3-5-11-4-2-6-12(15)9-11/h2,4,6,8-9H,3,5,7H2,1H3,(H,18,19). The van der Waals surface area contributed by atoms with Crippen LogP contribution in [-0.2, 0) is 13.0 Å². The van der Waals surface area contributed by atoms with Crippen LogP contribution < -0.4 is 0 Å². The molecule has 2 rings (SSSR count). The molecule has 5 heteroatoms. The van der Waals surface area contributed by atoms with Gasteiger partial charge in [0.15, 0.2) is 5.69 Å². The van der Waals surface area contributed by atoms with Gasteiger partial charge in [-0.05, 0) is 43.5 Å². The highest BCUT2D eigenvalue weighted by Gasteiger charge is 2.10. The molecule has 1 N–H and O–H groups in total. The van der Waals surface area contributed by atoms with E-state index in [4.69, 9.17) is 5.11 Å². The van der Waals surface area contributed by atoms with Crippen molar-refractivity contribution < 1.29 is 14.3 Å². The van der Waals surface area contributed by atoms with Crippen LogP contribution in [0.4, 0.5) is 4.39 Å². The van der Waals surface area contributed by atoms with E-state index in [-0.39, 0.29) is 11.5 Å². The van der Waals surface area contributed by atoms with Gasteiger partial charge in [-0.15, -0.1) is 0 Å². The molecule has 2 aromatic rings. The number of benzene rings is 1. The molecular weight excluding hydrogens is 247 g/mol. The minimum absolute atomic E-state index is 0.0586. The Bertz CT molecular complexity index is 593. The minimum atomic E-state index is -1.02. The van der Waals surface area contributed by atoms with Gasteiger partial charge in [0.1, 0.15) is 5.82 Å². The molecule has 0 atom stereocenters. The highest BCUT2D eigenvalue weighted by Crippen LogP contribution is 2.09. The highest BCUT2D eigenvalue weighted by atomic mass is 19.1. The third-order valence-corrected chi connectivity index (χ3v) is 2.92. The van der Waals surface area contributed by atoms with Crippen molar-refractivity contribution >= 4 is 5.97 Å². The average Bonchev–Trinajstić information content (AvgIpc) is 2.71. The summed E-state index contributed by atoms with van der Waals surface area (Å²) in [5.41, 5.74) is 1.81. The van der Waals surface area contributed by atoms with Gasteiger partial charge in [-0.1, -0.05) is 12.1 Å². The lowest BCUT2D eigenvalue weighted by atomic mass is 10.1. The fourth-order valence-corrected chi connectivity index (χ4v) is 1.97. The van der Waals surface area contributed by atoms with E-state index >= 15 is 0 Å². The number of halogens is 1. The first kappa shape index (κ1) is 13.3. The smallest absolute Gasteiger partial charge is 0.356 e. The van der Waals surface area contributed by atoms with Crippen molar-refractivity contribution in [2.24, 2.45) is 0 Å². The van der Waals surface area contributed by atoms with Crippen molar-refractivity contribution in [2.45, 2.75) is 26.3 Å². The quantitative estimate of drug-likeness (QED) is 0.901. The van der Waals surface area contributed by atoms with Gasteiger partial charge >= 0.3 is 5.97 Å². The lowest BCUT2D eigenvalue weighted by Gasteiger charge is -2.04. The Morgan fingerprint density at radius 1 is 1.42 bits per heavy atom. The SMILES string of the molecule is Cc1cc(C(=O)O)nn1CCCc1cccc(F)c1. The summed E-state index contributed by atoms with van der Waals surface area (Å²) in [5, 5.41) is 12.8. The van der Waals surface area contributed by atoms with E-state index in [1.807, 2.05) is 13.0 Å². The van der Waals surface area contributed by atoms with E-state index in [2.05, 4.69) is 5.10 Å². The molecule has 0 aliphatic rings. The van der Waals surface area contributed by atoms with Gasteiger partial charge in [-0.3, -0.25) is 4.68 Å². The van der Waals surface area contributed by atoms with E-state index < -0.39 is 5.97 Å². The molecular formula is C14H15FN2O2. The van der Waals surface area contributed by atoms with E-state index in [0.29, 0.717) is 6.54 Å². The normalized spacial score (nSPS) is 10.6. The third-order valence-electron chi connectivity index (χ3n) is 2.92. The minimum Gasteiger partial charge on any atom is -0.476 e. The molecule has 1 heterocycles. The number of carbonyl (C=O) groups is 1. The van der Waals surface area contributed by atoms with E-state index in [9.17, 15) is 9.18 Å². The number of hydrogen-bond donors (Lipinski definition) is 1. The number of hydrogen-bond acceptors (Lipinski definition) is 2. The molecule has 1 aromatic carbocycles. The van der Waals surface area contributed by atoms with Crippen LogP contribution in [0.25, 0.3) is 0 Å². The van der Waals surface area contributed by atoms with E-state index in [0.717, 1.165) is 24.1 Å². The summed E-state index contributed by atoms with van der Waals surface area (Å²) in [5.74, 6) is -1.26. The topological polar surface area (TPSA) is 55.1 Å². The van der Waals surface area contributed by atoms with Gasteiger partial charge in [0.2, 0.25) is 0 Å². The second kappa shape index (κ2) is 5.65. The fourth-order valence-electron chi connectivity index (χ4n) is 1.97. The van der Waals surface area contributed by atoms with Crippen LogP contribution in [-0.4, -0.2) is 20.9 Å². The summed E-state index contributed by atoms with van der Waals surface area (Å²) in [6.45, 7) is 2.44. The Labute approximate surface area is 110 Å². The Balaban J connectivity index is 1.94. The summed E-state index contributed by atoms with van der Waals surface area (Å²) in [6.07, 6.45) is 1.52. The summed E-state index contributed by atoms with van der Waals surface area (Å²) in [4.78, 5) is 10.8. The Morgan fingerprint density at radius 2 is 2.21 bits per heavy atom. The maximum atomic E-state index is 13.0. The number of aromatic nitrogens is 2. The zero-order valence-electron chi connectivity index (χ0n) is 10.6. The average molecular weight is 262 g/mol. The molecule has 0 spiro atoms. The van der Waals surface area contributed by atoms with Crippen molar-refractivity contribution in [2.75, 3.05) is 0 Å². The molecule has 0 saturated carbocycles. The zero-order chi connectivity index (χ0) is 13.8. The van der Waals surface area contributed by atoms with Crippen molar-refractivity contribution in [1.82, 2.24) is 9.78 Å². The Kier molecular flexibility index (Phi) is 3.94. The number of aromatic carboxylic acids is 1. The lowest BCUT2D eigenvalue weighted by Crippen LogP contribution is -2.05. The Hall–Kier alpha value is -2.17. The molecule has 100 valence electrons. The number of nitrogens with zero attached hydrogens (tertiary/aromatic N) is 2. The van der Waals surface area contributed by atoms with Crippen LogP contribution in [0.15, 0.2) is 30.3 Å². The molecule has 0 saturated heterocycles. The van der Waals surface area contributed by atoms with Crippen LogP contribution >= 0.6 is 0 Å². The van der Waals surface area contributed by atoms with Crippen molar-refractivity contribution in [3.63, 3.8) is 0 Å². The van der Waals surface area contributed by atoms with Gasteiger partial charge in [-0.25, -0.2) is 9.18 Å². The number of carboxylic acid groups (broad SMARTS) is 1. The van der Waals surface area contributed by atoms with Crippen LogP contribution in [0, 0.1) is 12.7 Å². The molecule has 1 aromatic heterocycles. The second-order valence-corrected chi connectivity index (χ2v) is 4.43. The van der Waals surface area contributed by atoms with Gasteiger partial charge in [0.25, 0.3) is 0 Å². The predicted octanol–water partition coefficient (Wildman–Crippen LogP) is 2.66. The van der Waals surface area contributed by atoms with Crippen LogP contribution in [0.2, 0.25) is 0 Å². The molecule has 0 aliphatic heterocycles. The first-order valence-corrected chi connectivity index (χ1v) is 6.08. The molecule has 0 fully saturated rings. The first-order valence-electron chi connectivity index (χ1n) is 6.08. The van der Waals surface area contributed by atoms with Crippen molar-refractivity contribution in [3.05, 3.63) is 53.1 Å². The van der Waals surface area contributed by atoms with E-state index in [1.54, 1.807) is 16.8 Å². The molecule has 19 heavy (non-hydrogen) atoms. The molecule has 0 unspecified atom stereocenters. The summed E-state index contributed by atoms with van der Waals surface area (Å²) < 4.78 is 14.7. The Morgan fingerprint density at radius 3 is 2.84 bits per heavy atom. The zero-order valence-corrected chi connectivity index (χ0v) is 10.6. The van der Waals surface area contributed by atoms with Gasteiger partial charge in [0.05, 0.1) is 0 Å². The van der Waals surface area contributed by atoms with Crippen molar-refractivity contribution in [1.29, 1.82) is 0 Å². The third kappa shape index (κ3) is 3.40. The van der Waals surface area contributed by atoms with Gasteiger partial charge < -0.3 is 5.11 Å². The van der Waals surface area contributed by atoms with Gasteiger partial charge in [0, 0.05) is 12.2 Å². The molecule has 0 aliphatic carbocycles. The van der Waals surface area contributed by atoms with Crippen molar-refractivity contribution in [3.8, 4) is 0 Å². The first-order chi connectivity index (χ1) is 9.06. The molecule has 0 radical (unpaired) electrons. The van der Waals surface area contributed by atoms with E-state index in [1.165, 1.54) is 12.1 Å². The van der Waals surface area contributed by atoms with Crippen LogP contribution in [0.1, 0.15) is 28.2 Å². The summed E-state index contributed by atoms with van der Waals surface area (Å²) in [6, 6.07) is 8.04. The number of aryl methyl sites for hydroxylation is 3. The summed E-state index contributed by atoms with van der Waals surface area (Å²) >= 11 is 0. The lowest BCUT2D eigenvalue weighted by molar-refractivity contribution is 0.0689. The number of carboxylic acids is 1. The summed E-state index contributed by atoms with van der Waals surface area (Å²) in [7, 11) is 0. The maximum Gasteiger partial charge on any atom is 0.356 e. The van der Waals surface area contributed by atoms with Crippen LogP contribution in [0.3, 0.4) is 0 Å². The molecule has 0 amide bonds. The van der Waals surface area contributed by atoms with Gasteiger partial charge in [-0.2, -0.15) is 5.10 Å². The predicted molar refractivity (Wildman–Crippen MR) is 68.6 cm³/mol. The largest absolute Gasteiger partial charge is 0.476 e.